The number of rotatable bonds is 6. The third-order valence-corrected chi connectivity index (χ3v) is 3.50. The molecule has 6 nitrogen and oxygen atoms in total. The first-order chi connectivity index (χ1) is 10.4. The normalized spacial score (nSPS) is 12.9. The van der Waals surface area contributed by atoms with Gasteiger partial charge >= 0.3 is 12.0 Å². The van der Waals surface area contributed by atoms with Crippen LogP contribution in [0.25, 0.3) is 0 Å². The summed E-state index contributed by atoms with van der Waals surface area (Å²) in [4.78, 5) is 34.9. The van der Waals surface area contributed by atoms with E-state index < -0.39 is 18.0 Å². The molecule has 0 fully saturated rings. The van der Waals surface area contributed by atoms with Crippen molar-refractivity contribution in [2.45, 2.75) is 33.2 Å². The molecule has 2 N–H and O–H groups in total. The predicted octanol–water partition coefficient (Wildman–Crippen LogP) is 2.60. The Morgan fingerprint density at radius 1 is 1.18 bits per heavy atom. The van der Waals surface area contributed by atoms with E-state index in [0.29, 0.717) is 11.3 Å². The molecule has 0 saturated carbocycles. The van der Waals surface area contributed by atoms with Gasteiger partial charge in [-0.2, -0.15) is 0 Å². The Morgan fingerprint density at radius 2 is 1.77 bits per heavy atom. The summed E-state index contributed by atoms with van der Waals surface area (Å²) in [6.07, 6.45) is 0.730. The molecule has 1 rings (SSSR count). The number of esters is 1. The van der Waals surface area contributed by atoms with Gasteiger partial charge in [-0.15, -0.1) is 0 Å². The number of methoxy groups -OCH3 is 1. The summed E-state index contributed by atoms with van der Waals surface area (Å²) in [6, 6.07) is 5.33. The van der Waals surface area contributed by atoms with Crippen LogP contribution in [0.15, 0.2) is 24.3 Å². The lowest BCUT2D eigenvalue weighted by atomic mass is 9.99. The summed E-state index contributed by atoms with van der Waals surface area (Å²) in [5.41, 5.74) is 1.10. The van der Waals surface area contributed by atoms with Crippen molar-refractivity contribution in [2.24, 2.45) is 5.92 Å². The Balaban J connectivity index is 2.70. The molecule has 0 aromatic heterocycles. The highest BCUT2D eigenvalue weighted by atomic mass is 16.5. The van der Waals surface area contributed by atoms with Gasteiger partial charge in [0.2, 0.25) is 0 Å². The zero-order valence-electron chi connectivity index (χ0n) is 13.3. The molecule has 1 aromatic rings. The van der Waals surface area contributed by atoms with Crippen molar-refractivity contribution in [3.8, 4) is 0 Å². The molecule has 0 aliphatic heterocycles. The summed E-state index contributed by atoms with van der Waals surface area (Å²) < 4.78 is 4.71. The third-order valence-electron chi connectivity index (χ3n) is 3.50. The molecular weight excluding hydrogens is 284 g/mol. The first-order valence-corrected chi connectivity index (χ1v) is 7.15. The molecule has 6 heteroatoms. The average molecular weight is 306 g/mol. The number of ether oxygens (including phenoxy) is 1. The Labute approximate surface area is 130 Å². The molecule has 0 heterocycles. The molecule has 0 saturated heterocycles. The van der Waals surface area contributed by atoms with Crippen LogP contribution in [0.2, 0.25) is 0 Å². The number of hydrogen-bond acceptors (Lipinski definition) is 4. The summed E-state index contributed by atoms with van der Waals surface area (Å²) in [6.45, 7) is 5.27. The molecule has 22 heavy (non-hydrogen) atoms. The minimum atomic E-state index is -0.702. The second-order valence-electron chi connectivity index (χ2n) is 5.12. The summed E-state index contributed by atoms with van der Waals surface area (Å²) in [7, 11) is 1.29. The second kappa shape index (κ2) is 8.17. The van der Waals surface area contributed by atoms with Crippen LogP contribution in [0.4, 0.5) is 10.5 Å². The maximum atomic E-state index is 12.0. The van der Waals surface area contributed by atoms with Crippen molar-refractivity contribution in [1.29, 1.82) is 0 Å². The molecule has 0 unspecified atom stereocenters. The van der Waals surface area contributed by atoms with Crippen LogP contribution in [-0.2, 0) is 9.53 Å². The minimum absolute atomic E-state index is 0.0430. The highest BCUT2D eigenvalue weighted by molar-refractivity contribution is 5.96. The van der Waals surface area contributed by atoms with Crippen molar-refractivity contribution in [2.75, 3.05) is 12.4 Å². The number of urea groups is 1. The van der Waals surface area contributed by atoms with Gasteiger partial charge in [-0.3, -0.25) is 4.79 Å². The quantitative estimate of drug-likeness (QED) is 0.625. The number of carbonyl (C=O) groups is 3. The van der Waals surface area contributed by atoms with E-state index in [2.05, 4.69) is 10.6 Å². The van der Waals surface area contributed by atoms with Gasteiger partial charge in [-0.25, -0.2) is 9.59 Å². The Hall–Kier alpha value is -2.37. The number of benzene rings is 1. The molecule has 0 bridgehead atoms. The lowest BCUT2D eigenvalue weighted by Gasteiger charge is -2.22. The van der Waals surface area contributed by atoms with E-state index >= 15 is 0 Å². The fraction of sp³-hybridized carbons (Fsp3) is 0.438. The maximum Gasteiger partial charge on any atom is 0.328 e. The van der Waals surface area contributed by atoms with Gasteiger partial charge in [0.1, 0.15) is 6.04 Å². The summed E-state index contributed by atoms with van der Waals surface area (Å²) in [5.74, 6) is -0.562. The number of hydrogen-bond donors (Lipinski definition) is 2. The van der Waals surface area contributed by atoms with Crippen LogP contribution in [0.1, 0.15) is 37.6 Å². The summed E-state index contributed by atoms with van der Waals surface area (Å²) >= 11 is 0. The molecule has 2 atom stereocenters. The largest absolute Gasteiger partial charge is 0.467 e. The van der Waals surface area contributed by atoms with E-state index in [1.54, 1.807) is 24.3 Å². The molecule has 1 aromatic carbocycles. The van der Waals surface area contributed by atoms with Crippen molar-refractivity contribution in [3.63, 3.8) is 0 Å². The third kappa shape index (κ3) is 4.87. The average Bonchev–Trinajstić information content (AvgIpc) is 2.51. The molecule has 2 amide bonds. The van der Waals surface area contributed by atoms with Crippen molar-refractivity contribution in [3.05, 3.63) is 29.8 Å². The van der Waals surface area contributed by atoms with Crippen LogP contribution in [0, 0.1) is 5.92 Å². The number of amides is 2. The first kappa shape index (κ1) is 17.7. The van der Waals surface area contributed by atoms with E-state index in [1.807, 2.05) is 13.8 Å². The van der Waals surface area contributed by atoms with E-state index in [4.69, 9.17) is 4.74 Å². The van der Waals surface area contributed by atoms with Crippen LogP contribution in [0.5, 0.6) is 0 Å². The van der Waals surface area contributed by atoms with Gasteiger partial charge in [-0.1, -0.05) is 20.3 Å². The zero-order chi connectivity index (χ0) is 16.7. The molecule has 0 aliphatic rings. The Kier molecular flexibility index (Phi) is 6.56. The van der Waals surface area contributed by atoms with E-state index in [1.165, 1.54) is 14.0 Å². The second-order valence-corrected chi connectivity index (χ2v) is 5.12. The summed E-state index contributed by atoms with van der Waals surface area (Å²) in [5, 5.41) is 5.24. The smallest absolute Gasteiger partial charge is 0.328 e. The molecule has 0 aliphatic carbocycles. The van der Waals surface area contributed by atoms with Crippen LogP contribution in [0.3, 0.4) is 0 Å². The lowest BCUT2D eigenvalue weighted by molar-refractivity contribution is -0.144. The van der Waals surface area contributed by atoms with Crippen molar-refractivity contribution < 1.29 is 19.1 Å². The number of anilines is 1. The highest BCUT2D eigenvalue weighted by Crippen LogP contribution is 2.12. The maximum absolute atomic E-state index is 12.0. The number of ketones is 1. The Bertz CT molecular complexity index is 540. The van der Waals surface area contributed by atoms with Crippen molar-refractivity contribution >= 4 is 23.5 Å². The van der Waals surface area contributed by atoms with Crippen LogP contribution in [-0.4, -0.2) is 30.9 Å². The number of carbonyl (C=O) groups excluding carboxylic acids is 3. The minimum Gasteiger partial charge on any atom is -0.467 e. The van der Waals surface area contributed by atoms with Gasteiger partial charge in [0.15, 0.2) is 5.78 Å². The van der Waals surface area contributed by atoms with Gasteiger partial charge in [0.25, 0.3) is 0 Å². The first-order valence-electron chi connectivity index (χ1n) is 7.15. The van der Waals surface area contributed by atoms with Gasteiger partial charge in [0.05, 0.1) is 7.11 Å². The lowest BCUT2D eigenvalue weighted by Crippen LogP contribution is -2.47. The fourth-order valence-electron chi connectivity index (χ4n) is 1.89. The van der Waals surface area contributed by atoms with E-state index in [9.17, 15) is 14.4 Å². The van der Waals surface area contributed by atoms with Gasteiger partial charge in [-0.05, 0) is 37.1 Å². The van der Waals surface area contributed by atoms with E-state index in [0.717, 1.165) is 6.42 Å². The molecule has 0 radical (unpaired) electrons. The van der Waals surface area contributed by atoms with E-state index in [-0.39, 0.29) is 11.7 Å². The van der Waals surface area contributed by atoms with Gasteiger partial charge < -0.3 is 15.4 Å². The number of Topliss-reactive ketones (excluding diaryl/α,β-unsaturated/α-hetero) is 1. The number of nitrogens with one attached hydrogen (secondary N) is 2. The van der Waals surface area contributed by atoms with Crippen molar-refractivity contribution in [1.82, 2.24) is 5.32 Å². The topological polar surface area (TPSA) is 84.5 Å². The molecular formula is C16H22N2O4. The zero-order valence-corrected chi connectivity index (χ0v) is 13.3. The molecule has 120 valence electrons. The predicted molar refractivity (Wildman–Crippen MR) is 83.9 cm³/mol. The van der Waals surface area contributed by atoms with Gasteiger partial charge in [0, 0.05) is 11.3 Å². The van der Waals surface area contributed by atoms with Crippen LogP contribution >= 0.6 is 0 Å². The highest BCUT2D eigenvalue weighted by Gasteiger charge is 2.26. The molecule has 0 spiro atoms. The van der Waals surface area contributed by atoms with Crippen LogP contribution < -0.4 is 10.6 Å². The fourth-order valence-corrected chi connectivity index (χ4v) is 1.89. The monoisotopic (exact) mass is 306 g/mol. The Morgan fingerprint density at radius 3 is 2.23 bits per heavy atom. The SMILES string of the molecule is CC[C@H](C)[C@@H](NC(=O)Nc1ccc(C(C)=O)cc1)C(=O)OC. The standard InChI is InChI=1S/C16H22N2O4/c1-5-10(2)14(15(20)22-4)18-16(21)17-13-8-6-12(7-9-13)11(3)19/h6-10,14H,5H2,1-4H3,(H2,17,18,21)/t10-,14+/m0/s1.